The van der Waals surface area contributed by atoms with Gasteiger partial charge in [0.1, 0.15) is 25.1 Å². The highest BCUT2D eigenvalue weighted by molar-refractivity contribution is 7.98. The summed E-state index contributed by atoms with van der Waals surface area (Å²) in [7, 11) is -3.94. The molecule has 0 fully saturated rings. The highest BCUT2D eigenvalue weighted by atomic mass is 32.2. The van der Waals surface area contributed by atoms with Crippen LogP contribution in [0.4, 0.5) is 5.82 Å². The minimum absolute atomic E-state index is 0.0115. The summed E-state index contributed by atoms with van der Waals surface area (Å²) in [5.41, 5.74) is 0.750. The van der Waals surface area contributed by atoms with Crippen molar-refractivity contribution in [1.82, 2.24) is 9.71 Å². The number of carbonyl (C=O) groups is 1. The SMILES string of the molecule is CSCCC(NS(=O)(=O)c1ccc2c(c1)OCCO2)C(=O)Nc1cccc(C)n1. The number of pyridine rings is 1. The highest BCUT2D eigenvalue weighted by Crippen LogP contribution is 2.32. The number of aromatic nitrogens is 1. The summed E-state index contributed by atoms with van der Waals surface area (Å²) in [5, 5.41) is 2.68. The van der Waals surface area contributed by atoms with Crippen LogP contribution in [-0.2, 0) is 14.8 Å². The van der Waals surface area contributed by atoms with Crippen LogP contribution in [0.25, 0.3) is 0 Å². The van der Waals surface area contributed by atoms with Crippen molar-refractivity contribution in [2.45, 2.75) is 24.3 Å². The van der Waals surface area contributed by atoms with Crippen molar-refractivity contribution in [2.75, 3.05) is 30.5 Å². The fraction of sp³-hybridized carbons (Fsp3) is 0.368. The molecule has 0 aliphatic carbocycles. The molecule has 3 rings (SSSR count). The summed E-state index contributed by atoms with van der Waals surface area (Å²) in [6.45, 7) is 2.58. The molecule has 29 heavy (non-hydrogen) atoms. The molecule has 1 unspecified atom stereocenters. The number of ether oxygens (including phenoxy) is 2. The smallest absolute Gasteiger partial charge is 0.243 e. The number of nitrogens with one attached hydrogen (secondary N) is 2. The number of carbonyl (C=O) groups excluding carboxylic acids is 1. The number of nitrogens with zero attached hydrogens (tertiary/aromatic N) is 1. The van der Waals surface area contributed by atoms with E-state index in [0.29, 0.717) is 42.7 Å². The predicted octanol–water partition coefficient (Wildman–Crippen LogP) is 2.20. The van der Waals surface area contributed by atoms with Gasteiger partial charge in [-0.25, -0.2) is 13.4 Å². The van der Waals surface area contributed by atoms with E-state index in [1.807, 2.05) is 19.2 Å². The standard InChI is InChI=1S/C19H23N3O5S2/c1-13-4-3-5-18(20-13)21-19(23)15(8-11-28-2)22-29(24,25)14-6-7-16-17(12-14)27-10-9-26-16/h3-7,12,15,22H,8-11H2,1-2H3,(H,20,21,23). The lowest BCUT2D eigenvalue weighted by molar-refractivity contribution is -0.117. The number of thioether (sulfide) groups is 1. The maximum atomic E-state index is 12.9. The third-order valence-corrected chi connectivity index (χ3v) is 6.30. The number of hydrogen-bond acceptors (Lipinski definition) is 7. The second kappa shape index (κ2) is 9.47. The van der Waals surface area contributed by atoms with Gasteiger partial charge in [-0.05, 0) is 49.6 Å². The van der Waals surface area contributed by atoms with Crippen molar-refractivity contribution in [3.8, 4) is 11.5 Å². The molecule has 156 valence electrons. The summed E-state index contributed by atoms with van der Waals surface area (Å²) in [4.78, 5) is 17.0. The number of aryl methyl sites for hydroxylation is 1. The average Bonchev–Trinajstić information content (AvgIpc) is 2.70. The van der Waals surface area contributed by atoms with Gasteiger partial charge in [0.15, 0.2) is 11.5 Å². The van der Waals surface area contributed by atoms with Gasteiger partial charge in [0, 0.05) is 11.8 Å². The van der Waals surface area contributed by atoms with Gasteiger partial charge < -0.3 is 14.8 Å². The van der Waals surface area contributed by atoms with Crippen LogP contribution in [0.3, 0.4) is 0 Å². The second-order valence-electron chi connectivity index (χ2n) is 6.41. The lowest BCUT2D eigenvalue weighted by Gasteiger charge is -2.21. The number of anilines is 1. The van der Waals surface area contributed by atoms with Gasteiger partial charge in [-0.2, -0.15) is 16.5 Å². The van der Waals surface area contributed by atoms with Crippen molar-refractivity contribution >= 4 is 33.5 Å². The first-order valence-electron chi connectivity index (χ1n) is 9.04. The van der Waals surface area contributed by atoms with E-state index in [4.69, 9.17) is 9.47 Å². The molecule has 1 amide bonds. The van der Waals surface area contributed by atoms with Crippen molar-refractivity contribution in [3.63, 3.8) is 0 Å². The van der Waals surface area contributed by atoms with E-state index in [0.717, 1.165) is 5.69 Å². The van der Waals surface area contributed by atoms with E-state index < -0.39 is 22.0 Å². The second-order valence-corrected chi connectivity index (χ2v) is 9.11. The molecule has 1 aliphatic heterocycles. The Morgan fingerprint density at radius 2 is 1.97 bits per heavy atom. The fourth-order valence-electron chi connectivity index (χ4n) is 2.75. The number of hydrogen-bond donors (Lipinski definition) is 2. The number of sulfonamides is 1. The van der Waals surface area contributed by atoms with Crippen LogP contribution in [0.2, 0.25) is 0 Å². The van der Waals surface area contributed by atoms with Crippen molar-refractivity contribution in [3.05, 3.63) is 42.1 Å². The Morgan fingerprint density at radius 1 is 1.21 bits per heavy atom. The normalized spacial score (nSPS) is 14.3. The van der Waals surface area contributed by atoms with Crippen LogP contribution < -0.4 is 19.5 Å². The van der Waals surface area contributed by atoms with Crippen molar-refractivity contribution in [1.29, 1.82) is 0 Å². The number of fused-ring (bicyclic) bond motifs is 1. The monoisotopic (exact) mass is 437 g/mol. The van der Waals surface area contributed by atoms with Crippen LogP contribution in [0.15, 0.2) is 41.3 Å². The minimum atomic E-state index is -3.94. The molecule has 2 aromatic rings. The minimum Gasteiger partial charge on any atom is -0.486 e. The molecule has 2 heterocycles. The molecule has 1 aliphatic rings. The molecular weight excluding hydrogens is 414 g/mol. The van der Waals surface area contributed by atoms with Crippen LogP contribution in [0, 0.1) is 6.92 Å². The largest absolute Gasteiger partial charge is 0.486 e. The molecule has 0 radical (unpaired) electrons. The Labute approximate surface area is 174 Å². The van der Waals surface area contributed by atoms with Crippen LogP contribution in [0.1, 0.15) is 12.1 Å². The third-order valence-electron chi connectivity index (χ3n) is 4.19. The van der Waals surface area contributed by atoms with Crippen LogP contribution in [-0.4, -0.2) is 50.6 Å². The zero-order valence-electron chi connectivity index (χ0n) is 16.2. The molecule has 1 aromatic carbocycles. The third kappa shape index (κ3) is 5.62. The van der Waals surface area contributed by atoms with Crippen LogP contribution in [0.5, 0.6) is 11.5 Å². The molecule has 0 bridgehead atoms. The fourth-order valence-corrected chi connectivity index (χ4v) is 4.47. The van der Waals surface area contributed by atoms with E-state index in [1.165, 1.54) is 23.9 Å². The maximum absolute atomic E-state index is 12.9. The van der Waals surface area contributed by atoms with E-state index >= 15 is 0 Å². The van der Waals surface area contributed by atoms with E-state index in [-0.39, 0.29) is 4.90 Å². The first-order valence-corrected chi connectivity index (χ1v) is 11.9. The lowest BCUT2D eigenvalue weighted by atomic mass is 10.2. The molecular formula is C19H23N3O5S2. The molecule has 0 saturated heterocycles. The molecule has 0 spiro atoms. The first-order chi connectivity index (χ1) is 13.9. The molecule has 0 saturated carbocycles. The van der Waals surface area contributed by atoms with Gasteiger partial charge in [-0.1, -0.05) is 6.07 Å². The Bertz CT molecular complexity index is 982. The van der Waals surface area contributed by atoms with Gasteiger partial charge in [-0.3, -0.25) is 4.79 Å². The summed E-state index contributed by atoms with van der Waals surface area (Å²) in [5.74, 6) is 1.40. The molecule has 10 heteroatoms. The quantitative estimate of drug-likeness (QED) is 0.652. The zero-order valence-corrected chi connectivity index (χ0v) is 17.8. The van der Waals surface area contributed by atoms with Gasteiger partial charge in [0.05, 0.1) is 4.90 Å². The average molecular weight is 438 g/mol. The summed E-state index contributed by atoms with van der Waals surface area (Å²) < 4.78 is 39.2. The Hall–Kier alpha value is -2.30. The summed E-state index contributed by atoms with van der Waals surface area (Å²) in [6.07, 6.45) is 2.23. The predicted molar refractivity (Wildman–Crippen MR) is 112 cm³/mol. The molecule has 1 atom stereocenters. The topological polar surface area (TPSA) is 107 Å². The van der Waals surface area contributed by atoms with Gasteiger partial charge in [0.2, 0.25) is 15.9 Å². The lowest BCUT2D eigenvalue weighted by Crippen LogP contribution is -2.44. The van der Waals surface area contributed by atoms with Crippen LogP contribution >= 0.6 is 11.8 Å². The Kier molecular flexibility index (Phi) is 6.99. The Balaban J connectivity index is 1.78. The molecule has 8 nitrogen and oxygen atoms in total. The first kappa shape index (κ1) is 21.4. The Morgan fingerprint density at radius 3 is 2.69 bits per heavy atom. The van der Waals surface area contributed by atoms with E-state index in [2.05, 4.69) is 15.0 Å². The number of benzene rings is 1. The molecule has 2 N–H and O–H groups in total. The highest BCUT2D eigenvalue weighted by Gasteiger charge is 2.27. The van der Waals surface area contributed by atoms with E-state index in [1.54, 1.807) is 18.2 Å². The van der Waals surface area contributed by atoms with Crippen molar-refractivity contribution < 1.29 is 22.7 Å². The van der Waals surface area contributed by atoms with Gasteiger partial charge in [0.25, 0.3) is 0 Å². The van der Waals surface area contributed by atoms with E-state index in [9.17, 15) is 13.2 Å². The summed E-state index contributed by atoms with van der Waals surface area (Å²) >= 11 is 1.53. The van der Waals surface area contributed by atoms with Crippen molar-refractivity contribution in [2.24, 2.45) is 0 Å². The van der Waals surface area contributed by atoms with Gasteiger partial charge >= 0.3 is 0 Å². The number of amides is 1. The number of rotatable bonds is 8. The zero-order chi connectivity index (χ0) is 20.9. The summed E-state index contributed by atoms with van der Waals surface area (Å²) in [6, 6.07) is 8.69. The molecule has 1 aromatic heterocycles. The van der Waals surface area contributed by atoms with Gasteiger partial charge in [-0.15, -0.1) is 0 Å². The maximum Gasteiger partial charge on any atom is 0.243 e.